The highest BCUT2D eigenvalue weighted by Crippen LogP contribution is 2.38. The fraction of sp³-hybridized carbons (Fsp3) is 1.00. The Balaban J connectivity index is 0.000000720. The fourth-order valence-corrected chi connectivity index (χ4v) is 1.82. The van der Waals surface area contributed by atoms with Crippen LogP contribution in [0.1, 0.15) is 26.7 Å². The molecule has 72 valence electrons. The van der Waals surface area contributed by atoms with Crippen molar-refractivity contribution in [2.75, 3.05) is 19.7 Å². The molecule has 2 fully saturated rings. The van der Waals surface area contributed by atoms with E-state index >= 15 is 0 Å². The standard InChI is InChI=1S/C9H17NO.ClH/c1-8(2)3-4-9(7-11-8)5-10-6-9;/h10H,3-7H2,1-2H3;1H. The summed E-state index contributed by atoms with van der Waals surface area (Å²) in [6.07, 6.45) is 2.56. The van der Waals surface area contributed by atoms with Gasteiger partial charge in [-0.05, 0) is 26.7 Å². The van der Waals surface area contributed by atoms with Crippen LogP contribution < -0.4 is 5.32 Å². The molecule has 0 unspecified atom stereocenters. The minimum absolute atomic E-state index is 0. The molecular formula is C9H18ClNO. The Morgan fingerprint density at radius 3 is 2.17 bits per heavy atom. The molecule has 1 spiro atoms. The topological polar surface area (TPSA) is 21.3 Å². The maximum absolute atomic E-state index is 5.78. The summed E-state index contributed by atoms with van der Waals surface area (Å²) in [6.45, 7) is 7.68. The van der Waals surface area contributed by atoms with Crippen molar-refractivity contribution in [3.63, 3.8) is 0 Å². The van der Waals surface area contributed by atoms with E-state index in [1.807, 2.05) is 0 Å². The second-order valence-corrected chi connectivity index (χ2v) is 4.65. The van der Waals surface area contributed by atoms with E-state index in [4.69, 9.17) is 4.74 Å². The molecule has 2 saturated heterocycles. The highest BCUT2D eigenvalue weighted by Gasteiger charge is 2.43. The molecule has 3 heteroatoms. The van der Waals surface area contributed by atoms with E-state index in [-0.39, 0.29) is 18.0 Å². The van der Waals surface area contributed by atoms with Crippen molar-refractivity contribution in [3.05, 3.63) is 0 Å². The highest BCUT2D eigenvalue weighted by molar-refractivity contribution is 5.85. The minimum atomic E-state index is 0. The molecule has 0 radical (unpaired) electrons. The summed E-state index contributed by atoms with van der Waals surface area (Å²) in [4.78, 5) is 0. The monoisotopic (exact) mass is 191 g/mol. The average Bonchev–Trinajstić information content (AvgIpc) is 1.84. The Labute approximate surface area is 80.5 Å². The van der Waals surface area contributed by atoms with Gasteiger partial charge in [-0.2, -0.15) is 0 Å². The van der Waals surface area contributed by atoms with Crippen LogP contribution in [0.4, 0.5) is 0 Å². The highest BCUT2D eigenvalue weighted by atomic mass is 35.5. The molecular weight excluding hydrogens is 174 g/mol. The third-order valence-electron chi connectivity index (χ3n) is 3.03. The van der Waals surface area contributed by atoms with Crippen molar-refractivity contribution >= 4 is 12.4 Å². The molecule has 12 heavy (non-hydrogen) atoms. The van der Waals surface area contributed by atoms with Gasteiger partial charge in [-0.1, -0.05) is 0 Å². The summed E-state index contributed by atoms with van der Waals surface area (Å²) in [5, 5.41) is 3.32. The largest absolute Gasteiger partial charge is 0.375 e. The van der Waals surface area contributed by atoms with Gasteiger partial charge in [-0.3, -0.25) is 0 Å². The summed E-state index contributed by atoms with van der Waals surface area (Å²) in [7, 11) is 0. The van der Waals surface area contributed by atoms with E-state index in [2.05, 4.69) is 19.2 Å². The van der Waals surface area contributed by atoms with E-state index in [1.165, 1.54) is 25.9 Å². The Kier molecular flexibility index (Phi) is 2.72. The van der Waals surface area contributed by atoms with Gasteiger partial charge in [0.05, 0.1) is 12.2 Å². The quantitative estimate of drug-likeness (QED) is 0.628. The fourth-order valence-electron chi connectivity index (χ4n) is 1.82. The molecule has 0 bridgehead atoms. The molecule has 1 N–H and O–H groups in total. The SMILES string of the molecule is CC1(C)CCC2(CNC2)CO1.Cl. The van der Waals surface area contributed by atoms with Crippen molar-refractivity contribution in [1.29, 1.82) is 0 Å². The van der Waals surface area contributed by atoms with Crippen LogP contribution in [0.25, 0.3) is 0 Å². The van der Waals surface area contributed by atoms with Gasteiger partial charge in [-0.15, -0.1) is 12.4 Å². The summed E-state index contributed by atoms with van der Waals surface area (Å²) in [5.41, 5.74) is 0.663. The van der Waals surface area contributed by atoms with Crippen molar-refractivity contribution in [3.8, 4) is 0 Å². The number of hydrogen-bond donors (Lipinski definition) is 1. The number of rotatable bonds is 0. The molecule has 0 aromatic rings. The van der Waals surface area contributed by atoms with Gasteiger partial charge in [0.2, 0.25) is 0 Å². The molecule has 0 aliphatic carbocycles. The van der Waals surface area contributed by atoms with Crippen LogP contribution in [0.5, 0.6) is 0 Å². The second-order valence-electron chi connectivity index (χ2n) is 4.65. The predicted molar refractivity (Wildman–Crippen MR) is 51.8 cm³/mol. The minimum Gasteiger partial charge on any atom is -0.375 e. The molecule has 0 aromatic heterocycles. The normalized spacial score (nSPS) is 30.5. The average molecular weight is 192 g/mol. The first-order chi connectivity index (χ1) is 5.12. The summed E-state index contributed by atoms with van der Waals surface area (Å²) in [6, 6.07) is 0. The molecule has 2 aliphatic heterocycles. The van der Waals surface area contributed by atoms with E-state index in [9.17, 15) is 0 Å². The maximum atomic E-state index is 5.78. The Morgan fingerprint density at radius 2 is 1.83 bits per heavy atom. The molecule has 0 aromatic carbocycles. The van der Waals surface area contributed by atoms with Gasteiger partial charge >= 0.3 is 0 Å². The molecule has 2 heterocycles. The zero-order valence-electron chi connectivity index (χ0n) is 7.85. The van der Waals surface area contributed by atoms with Crippen molar-refractivity contribution in [2.45, 2.75) is 32.3 Å². The maximum Gasteiger partial charge on any atom is 0.0627 e. The lowest BCUT2D eigenvalue weighted by molar-refractivity contribution is -0.128. The Hall–Kier alpha value is 0.210. The van der Waals surface area contributed by atoms with Gasteiger partial charge in [0.25, 0.3) is 0 Å². The number of nitrogens with one attached hydrogen (secondary N) is 1. The van der Waals surface area contributed by atoms with Gasteiger partial charge in [-0.25, -0.2) is 0 Å². The van der Waals surface area contributed by atoms with Crippen LogP contribution in [0, 0.1) is 5.41 Å². The third-order valence-corrected chi connectivity index (χ3v) is 3.03. The van der Waals surface area contributed by atoms with Crippen molar-refractivity contribution < 1.29 is 4.74 Å². The Bertz CT molecular complexity index is 154. The van der Waals surface area contributed by atoms with Crippen molar-refractivity contribution in [1.82, 2.24) is 5.32 Å². The van der Waals surface area contributed by atoms with Crippen LogP contribution in [-0.4, -0.2) is 25.3 Å². The zero-order valence-corrected chi connectivity index (χ0v) is 8.67. The van der Waals surface area contributed by atoms with Crippen molar-refractivity contribution in [2.24, 2.45) is 5.41 Å². The smallest absolute Gasteiger partial charge is 0.0627 e. The molecule has 0 atom stereocenters. The van der Waals surface area contributed by atoms with E-state index in [1.54, 1.807) is 0 Å². The first kappa shape index (κ1) is 10.3. The number of ether oxygens (including phenoxy) is 1. The number of hydrogen-bond acceptors (Lipinski definition) is 2. The predicted octanol–water partition coefficient (Wildman–Crippen LogP) is 1.59. The second kappa shape index (κ2) is 3.17. The number of halogens is 1. The van der Waals surface area contributed by atoms with E-state index in [0.29, 0.717) is 5.41 Å². The molecule has 2 rings (SSSR count). The zero-order chi connectivity index (χ0) is 7.95. The molecule has 2 aliphatic rings. The Morgan fingerprint density at radius 1 is 1.17 bits per heavy atom. The van der Waals surface area contributed by atoms with Crippen LogP contribution in [0.2, 0.25) is 0 Å². The van der Waals surface area contributed by atoms with Gasteiger partial charge in [0.15, 0.2) is 0 Å². The van der Waals surface area contributed by atoms with Crippen LogP contribution in [-0.2, 0) is 4.74 Å². The summed E-state index contributed by atoms with van der Waals surface area (Å²) < 4.78 is 5.78. The van der Waals surface area contributed by atoms with Crippen LogP contribution in [0.15, 0.2) is 0 Å². The van der Waals surface area contributed by atoms with Crippen LogP contribution in [0.3, 0.4) is 0 Å². The van der Waals surface area contributed by atoms with Crippen LogP contribution >= 0.6 is 12.4 Å². The molecule has 0 saturated carbocycles. The molecule has 0 amide bonds. The summed E-state index contributed by atoms with van der Waals surface area (Å²) in [5.74, 6) is 0. The first-order valence-electron chi connectivity index (χ1n) is 4.47. The van der Waals surface area contributed by atoms with Gasteiger partial charge < -0.3 is 10.1 Å². The lowest BCUT2D eigenvalue weighted by Crippen LogP contribution is -2.59. The van der Waals surface area contributed by atoms with E-state index in [0.717, 1.165) is 6.61 Å². The van der Waals surface area contributed by atoms with E-state index < -0.39 is 0 Å². The van der Waals surface area contributed by atoms with Gasteiger partial charge in [0.1, 0.15) is 0 Å². The first-order valence-corrected chi connectivity index (χ1v) is 4.47. The lowest BCUT2D eigenvalue weighted by atomic mass is 9.74. The lowest BCUT2D eigenvalue weighted by Gasteiger charge is -2.49. The third kappa shape index (κ3) is 1.76. The van der Waals surface area contributed by atoms with Gasteiger partial charge in [0, 0.05) is 18.5 Å². The summed E-state index contributed by atoms with van der Waals surface area (Å²) >= 11 is 0. The molecule has 2 nitrogen and oxygen atoms in total.